The minimum Gasteiger partial charge on any atom is -0.392 e. The Labute approximate surface area is 89.8 Å². The Hall–Kier alpha value is -1.10. The van der Waals surface area contributed by atoms with Gasteiger partial charge in [0, 0.05) is 19.9 Å². The average Bonchev–Trinajstić information content (AvgIpc) is 2.31. The molecule has 0 atom stereocenters. The molecule has 1 aromatic carbocycles. The maximum Gasteiger partial charge on any atom is 0.173 e. The molecule has 1 rings (SSSR count). The SMILES string of the molecule is COC(CNc1ccc(CO)cc1)OC. The maximum atomic E-state index is 8.86. The molecule has 0 aliphatic carbocycles. The Morgan fingerprint density at radius 2 is 1.80 bits per heavy atom. The highest BCUT2D eigenvalue weighted by Gasteiger charge is 2.03. The summed E-state index contributed by atoms with van der Waals surface area (Å²) in [6.45, 7) is 0.657. The molecule has 0 bridgehead atoms. The first-order chi connectivity index (χ1) is 7.30. The van der Waals surface area contributed by atoms with Gasteiger partial charge in [-0.25, -0.2) is 0 Å². The van der Waals surface area contributed by atoms with E-state index in [4.69, 9.17) is 14.6 Å². The Kier molecular flexibility index (Phi) is 5.10. The predicted octanol–water partition coefficient (Wildman–Crippen LogP) is 1.21. The van der Waals surface area contributed by atoms with Crippen molar-refractivity contribution < 1.29 is 14.6 Å². The molecule has 0 aromatic heterocycles. The first-order valence-electron chi connectivity index (χ1n) is 4.79. The lowest BCUT2D eigenvalue weighted by Crippen LogP contribution is -2.23. The third-order valence-corrected chi connectivity index (χ3v) is 2.14. The van der Waals surface area contributed by atoms with Crippen molar-refractivity contribution in [3.8, 4) is 0 Å². The monoisotopic (exact) mass is 211 g/mol. The van der Waals surface area contributed by atoms with E-state index >= 15 is 0 Å². The zero-order chi connectivity index (χ0) is 11.1. The average molecular weight is 211 g/mol. The summed E-state index contributed by atoms with van der Waals surface area (Å²) >= 11 is 0. The highest BCUT2D eigenvalue weighted by molar-refractivity contribution is 5.44. The lowest BCUT2D eigenvalue weighted by atomic mass is 10.2. The van der Waals surface area contributed by atoms with Gasteiger partial charge in [-0.1, -0.05) is 12.1 Å². The molecule has 84 valence electrons. The smallest absolute Gasteiger partial charge is 0.173 e. The molecular weight excluding hydrogens is 194 g/mol. The van der Waals surface area contributed by atoms with Crippen molar-refractivity contribution in [1.82, 2.24) is 0 Å². The van der Waals surface area contributed by atoms with Crippen molar-refractivity contribution >= 4 is 5.69 Å². The Morgan fingerprint density at radius 1 is 1.20 bits per heavy atom. The standard InChI is InChI=1S/C11H17NO3/c1-14-11(15-2)7-12-10-5-3-9(8-13)4-6-10/h3-6,11-13H,7-8H2,1-2H3. The van der Waals surface area contributed by atoms with Gasteiger partial charge in [0.25, 0.3) is 0 Å². The van der Waals surface area contributed by atoms with Crippen LogP contribution in [0, 0.1) is 0 Å². The largest absolute Gasteiger partial charge is 0.392 e. The number of anilines is 1. The predicted molar refractivity (Wildman–Crippen MR) is 58.7 cm³/mol. The van der Waals surface area contributed by atoms with E-state index in [1.165, 1.54) is 0 Å². The van der Waals surface area contributed by atoms with E-state index in [0.717, 1.165) is 11.3 Å². The number of ether oxygens (including phenoxy) is 2. The summed E-state index contributed by atoms with van der Waals surface area (Å²) in [7, 11) is 3.20. The van der Waals surface area contributed by atoms with E-state index in [2.05, 4.69) is 5.32 Å². The van der Waals surface area contributed by atoms with Crippen molar-refractivity contribution in [1.29, 1.82) is 0 Å². The fraction of sp³-hybridized carbons (Fsp3) is 0.455. The topological polar surface area (TPSA) is 50.7 Å². The molecule has 0 aliphatic heterocycles. The number of hydrogen-bond acceptors (Lipinski definition) is 4. The number of aliphatic hydroxyl groups excluding tert-OH is 1. The number of aliphatic hydroxyl groups is 1. The third-order valence-electron chi connectivity index (χ3n) is 2.14. The number of benzene rings is 1. The van der Waals surface area contributed by atoms with Crippen LogP contribution >= 0.6 is 0 Å². The van der Waals surface area contributed by atoms with Crippen LogP contribution in [-0.2, 0) is 16.1 Å². The summed E-state index contributed by atoms with van der Waals surface area (Å²) in [6.07, 6.45) is -0.248. The third kappa shape index (κ3) is 3.87. The van der Waals surface area contributed by atoms with Gasteiger partial charge in [0.15, 0.2) is 6.29 Å². The van der Waals surface area contributed by atoms with Crippen LogP contribution in [0.15, 0.2) is 24.3 Å². The van der Waals surface area contributed by atoms with Gasteiger partial charge in [0.2, 0.25) is 0 Å². The molecule has 0 amide bonds. The van der Waals surface area contributed by atoms with Gasteiger partial charge in [-0.15, -0.1) is 0 Å². The van der Waals surface area contributed by atoms with Gasteiger partial charge in [-0.05, 0) is 17.7 Å². The van der Waals surface area contributed by atoms with E-state index < -0.39 is 0 Å². The minimum absolute atomic E-state index is 0.0685. The second kappa shape index (κ2) is 6.40. The number of nitrogens with one attached hydrogen (secondary N) is 1. The van der Waals surface area contributed by atoms with E-state index in [1.807, 2.05) is 24.3 Å². The zero-order valence-electron chi connectivity index (χ0n) is 9.06. The van der Waals surface area contributed by atoms with Crippen LogP contribution in [0.5, 0.6) is 0 Å². The quantitative estimate of drug-likeness (QED) is 0.694. The Balaban J connectivity index is 2.43. The molecule has 0 fully saturated rings. The van der Waals surface area contributed by atoms with Crippen LogP contribution in [0.1, 0.15) is 5.56 Å². The Bertz CT molecular complexity index is 270. The summed E-state index contributed by atoms with van der Waals surface area (Å²) in [5, 5.41) is 12.0. The maximum absolute atomic E-state index is 8.86. The van der Waals surface area contributed by atoms with Crippen LogP contribution < -0.4 is 5.32 Å². The van der Waals surface area contributed by atoms with Crippen molar-refractivity contribution in [2.24, 2.45) is 0 Å². The molecule has 4 heteroatoms. The van der Waals surface area contributed by atoms with Crippen LogP contribution in [0.3, 0.4) is 0 Å². The molecule has 0 spiro atoms. The van der Waals surface area contributed by atoms with E-state index in [1.54, 1.807) is 14.2 Å². The Morgan fingerprint density at radius 3 is 2.27 bits per heavy atom. The summed E-state index contributed by atoms with van der Waals surface area (Å²) in [5.74, 6) is 0. The molecule has 1 aromatic rings. The molecule has 2 N–H and O–H groups in total. The normalized spacial score (nSPS) is 10.7. The molecular formula is C11H17NO3. The fourth-order valence-electron chi connectivity index (χ4n) is 1.19. The molecule has 0 saturated carbocycles. The first-order valence-corrected chi connectivity index (χ1v) is 4.79. The van der Waals surface area contributed by atoms with Crippen LogP contribution in [0.25, 0.3) is 0 Å². The molecule has 4 nitrogen and oxygen atoms in total. The van der Waals surface area contributed by atoms with Crippen molar-refractivity contribution in [2.75, 3.05) is 26.1 Å². The van der Waals surface area contributed by atoms with Crippen LogP contribution in [0.2, 0.25) is 0 Å². The highest BCUT2D eigenvalue weighted by Crippen LogP contribution is 2.09. The minimum atomic E-state index is -0.248. The van der Waals surface area contributed by atoms with Gasteiger partial charge in [0.05, 0.1) is 13.2 Å². The molecule has 0 aliphatic rings. The van der Waals surface area contributed by atoms with Gasteiger partial charge in [-0.2, -0.15) is 0 Å². The van der Waals surface area contributed by atoms with Crippen molar-refractivity contribution in [3.05, 3.63) is 29.8 Å². The van der Waals surface area contributed by atoms with Gasteiger partial charge in [-0.3, -0.25) is 0 Å². The molecule has 0 heterocycles. The second-order valence-electron chi connectivity index (χ2n) is 3.14. The molecule has 0 saturated heterocycles. The summed E-state index contributed by atoms with van der Waals surface area (Å²) in [5.41, 5.74) is 1.88. The summed E-state index contributed by atoms with van der Waals surface area (Å²) in [4.78, 5) is 0. The molecule has 15 heavy (non-hydrogen) atoms. The number of methoxy groups -OCH3 is 2. The summed E-state index contributed by atoms with van der Waals surface area (Å²) in [6, 6.07) is 7.57. The van der Waals surface area contributed by atoms with Crippen molar-refractivity contribution in [3.63, 3.8) is 0 Å². The molecule has 0 radical (unpaired) electrons. The number of rotatable bonds is 6. The van der Waals surface area contributed by atoms with Gasteiger partial charge < -0.3 is 19.9 Å². The van der Waals surface area contributed by atoms with E-state index in [9.17, 15) is 0 Å². The fourth-order valence-corrected chi connectivity index (χ4v) is 1.19. The van der Waals surface area contributed by atoms with Crippen molar-refractivity contribution in [2.45, 2.75) is 12.9 Å². The van der Waals surface area contributed by atoms with Gasteiger partial charge in [0.1, 0.15) is 0 Å². The van der Waals surface area contributed by atoms with Crippen LogP contribution in [-0.4, -0.2) is 32.2 Å². The highest BCUT2D eigenvalue weighted by atomic mass is 16.7. The van der Waals surface area contributed by atoms with E-state index in [0.29, 0.717) is 6.54 Å². The number of hydrogen-bond donors (Lipinski definition) is 2. The first kappa shape index (κ1) is 12.0. The lowest BCUT2D eigenvalue weighted by Gasteiger charge is -2.14. The van der Waals surface area contributed by atoms with Gasteiger partial charge >= 0.3 is 0 Å². The second-order valence-corrected chi connectivity index (χ2v) is 3.14. The zero-order valence-corrected chi connectivity index (χ0v) is 9.06. The van der Waals surface area contributed by atoms with E-state index in [-0.39, 0.29) is 12.9 Å². The molecule has 0 unspecified atom stereocenters. The van der Waals surface area contributed by atoms with Crippen LogP contribution in [0.4, 0.5) is 5.69 Å². The lowest BCUT2D eigenvalue weighted by molar-refractivity contribution is -0.0914. The summed E-state index contributed by atoms with van der Waals surface area (Å²) < 4.78 is 10.1.